The Morgan fingerprint density at radius 1 is 0.933 bits per heavy atom. The molecule has 0 nitrogen and oxygen atoms in total. The van der Waals surface area contributed by atoms with Crippen molar-refractivity contribution < 1.29 is 0 Å². The molecule has 0 fully saturated rings. The zero-order chi connectivity index (χ0) is 9.80. The number of rotatable bonds is 3. The van der Waals surface area contributed by atoms with Gasteiger partial charge in [0, 0.05) is 0 Å². The number of unbranched alkanes of at least 4 members (excludes halogenated alkanes) is 1. The summed E-state index contributed by atoms with van der Waals surface area (Å²) >= 11 is 0. The van der Waals surface area contributed by atoms with Gasteiger partial charge in [0.15, 0.2) is 0 Å². The summed E-state index contributed by atoms with van der Waals surface area (Å²) in [6.07, 6.45) is 3.76. The van der Waals surface area contributed by atoms with Gasteiger partial charge in [-0.25, -0.2) is 0 Å². The van der Waals surface area contributed by atoms with Crippen LogP contribution in [0.2, 0.25) is 0 Å². The predicted octanol–water partition coefficient (Wildman–Crippen LogP) is 4.24. The van der Waals surface area contributed by atoms with E-state index in [1.807, 2.05) is 0 Å². The van der Waals surface area contributed by atoms with Crippen molar-refractivity contribution in [3.8, 4) is 0 Å². The number of benzene rings is 2. The molecule has 0 bridgehead atoms. The Kier molecular flexibility index (Phi) is 4.78. The maximum Gasteiger partial charge on any atom is -0.0152 e. The Labute approximate surface area is 95.3 Å². The smallest absolute Gasteiger partial charge is 0.0152 e. The number of hydrogen-bond acceptors (Lipinski definition) is 0. The molecule has 2 rings (SSSR count). The first-order valence-corrected chi connectivity index (χ1v) is 5.38. The van der Waals surface area contributed by atoms with Crippen molar-refractivity contribution in [3.63, 3.8) is 0 Å². The van der Waals surface area contributed by atoms with Crippen LogP contribution in [0.25, 0.3) is 10.8 Å². The van der Waals surface area contributed by atoms with E-state index < -0.39 is 0 Å². The van der Waals surface area contributed by atoms with Crippen LogP contribution in [0, 0.1) is 0 Å². The van der Waals surface area contributed by atoms with E-state index in [-0.39, 0.29) is 9.90 Å². The van der Waals surface area contributed by atoms with E-state index in [1.54, 1.807) is 0 Å². The monoisotopic (exact) mass is 218 g/mol. The molecule has 0 aliphatic rings. The minimum Gasteiger partial charge on any atom is -0.153 e. The van der Waals surface area contributed by atoms with Crippen LogP contribution in [0.4, 0.5) is 0 Å². The van der Waals surface area contributed by atoms with Crippen molar-refractivity contribution in [2.75, 3.05) is 0 Å². The van der Waals surface area contributed by atoms with Gasteiger partial charge in [-0.3, -0.25) is 0 Å². The molecule has 0 heterocycles. The Balaban J connectivity index is 0.00000112. The molecular weight excluding hydrogens is 199 g/mol. The topological polar surface area (TPSA) is 0 Å². The second kappa shape index (κ2) is 5.88. The quantitative estimate of drug-likeness (QED) is 0.676. The average Bonchev–Trinajstić information content (AvgIpc) is 2.26. The van der Waals surface area contributed by atoms with Crippen LogP contribution in [-0.4, -0.2) is 0 Å². The average molecular weight is 218 g/mol. The first-order chi connectivity index (χ1) is 6.92. The Morgan fingerprint density at radius 3 is 2.47 bits per heavy atom. The van der Waals surface area contributed by atoms with Crippen LogP contribution in [0.1, 0.15) is 25.3 Å². The summed E-state index contributed by atoms with van der Waals surface area (Å²) < 4.78 is 0. The van der Waals surface area contributed by atoms with E-state index in [4.69, 9.17) is 0 Å². The highest BCUT2D eigenvalue weighted by atomic mass is 31.0. The maximum atomic E-state index is 2.25. The molecule has 1 heteroatoms. The zero-order valence-corrected chi connectivity index (χ0v) is 10.8. The molecule has 15 heavy (non-hydrogen) atoms. The van der Waals surface area contributed by atoms with Crippen molar-refractivity contribution in [3.05, 3.63) is 48.0 Å². The third-order valence-electron chi connectivity index (χ3n) is 2.68. The molecule has 2 aromatic rings. The van der Waals surface area contributed by atoms with Crippen molar-refractivity contribution in [2.45, 2.75) is 26.2 Å². The van der Waals surface area contributed by atoms with E-state index in [9.17, 15) is 0 Å². The van der Waals surface area contributed by atoms with Crippen molar-refractivity contribution >= 4 is 20.7 Å². The van der Waals surface area contributed by atoms with Gasteiger partial charge in [-0.2, -0.15) is 9.90 Å². The molecule has 0 aliphatic carbocycles. The molecule has 0 aliphatic heterocycles. The number of fused-ring (bicyclic) bond motifs is 1. The molecule has 80 valence electrons. The van der Waals surface area contributed by atoms with Crippen molar-refractivity contribution in [1.82, 2.24) is 0 Å². The van der Waals surface area contributed by atoms with Gasteiger partial charge in [0.25, 0.3) is 0 Å². The van der Waals surface area contributed by atoms with Crippen molar-refractivity contribution in [1.29, 1.82) is 0 Å². The van der Waals surface area contributed by atoms with Gasteiger partial charge in [-0.05, 0) is 29.2 Å². The zero-order valence-electron chi connectivity index (χ0n) is 9.37. The van der Waals surface area contributed by atoms with Crippen LogP contribution in [-0.2, 0) is 6.42 Å². The van der Waals surface area contributed by atoms with Gasteiger partial charge in [0.2, 0.25) is 0 Å². The fourth-order valence-corrected chi connectivity index (χ4v) is 1.88. The van der Waals surface area contributed by atoms with E-state index >= 15 is 0 Å². The summed E-state index contributed by atoms with van der Waals surface area (Å²) in [6.45, 7) is 2.24. The molecule has 0 saturated carbocycles. The lowest BCUT2D eigenvalue weighted by Gasteiger charge is -2.04. The third kappa shape index (κ3) is 2.79. The standard InChI is InChI=1S/C14H16.H3P/c1-2-3-7-12-9-6-10-13-8-4-5-11-14(12)13;/h4-6,8-11H,2-3,7H2,1H3;1H3. The highest BCUT2D eigenvalue weighted by Crippen LogP contribution is 2.19. The van der Waals surface area contributed by atoms with Crippen LogP contribution in [0.5, 0.6) is 0 Å². The molecule has 0 spiro atoms. The SMILES string of the molecule is CCCCc1cccc2ccccc12.P. The van der Waals surface area contributed by atoms with Gasteiger partial charge in [0.05, 0.1) is 0 Å². The lowest BCUT2D eigenvalue weighted by atomic mass is 10.0. The summed E-state index contributed by atoms with van der Waals surface area (Å²) in [6, 6.07) is 15.2. The summed E-state index contributed by atoms with van der Waals surface area (Å²) in [5, 5.41) is 2.78. The van der Waals surface area contributed by atoms with Crippen LogP contribution in [0.15, 0.2) is 42.5 Å². The Bertz CT molecular complexity index is 415. The van der Waals surface area contributed by atoms with E-state index in [1.165, 1.54) is 35.6 Å². The fourth-order valence-electron chi connectivity index (χ4n) is 1.88. The molecule has 1 unspecified atom stereocenters. The fraction of sp³-hybridized carbons (Fsp3) is 0.286. The first-order valence-electron chi connectivity index (χ1n) is 5.38. The van der Waals surface area contributed by atoms with E-state index in [0.717, 1.165) is 0 Å². The molecule has 0 amide bonds. The van der Waals surface area contributed by atoms with Crippen molar-refractivity contribution in [2.24, 2.45) is 0 Å². The molecule has 0 aromatic heterocycles. The van der Waals surface area contributed by atoms with Crippen LogP contribution < -0.4 is 0 Å². The van der Waals surface area contributed by atoms with Gasteiger partial charge in [0.1, 0.15) is 0 Å². The van der Waals surface area contributed by atoms with Gasteiger partial charge in [-0.15, -0.1) is 0 Å². The number of hydrogen-bond donors (Lipinski definition) is 0. The largest absolute Gasteiger partial charge is 0.153 e. The Hall–Kier alpha value is -0.870. The first kappa shape index (κ1) is 12.2. The van der Waals surface area contributed by atoms with Gasteiger partial charge < -0.3 is 0 Å². The molecule has 0 N–H and O–H groups in total. The Morgan fingerprint density at radius 2 is 1.67 bits per heavy atom. The summed E-state index contributed by atoms with van der Waals surface area (Å²) in [5.74, 6) is 0. The highest BCUT2D eigenvalue weighted by molar-refractivity contribution is 6.92. The van der Waals surface area contributed by atoms with E-state index in [0.29, 0.717) is 0 Å². The van der Waals surface area contributed by atoms with E-state index in [2.05, 4.69) is 49.4 Å². The highest BCUT2D eigenvalue weighted by Gasteiger charge is 1.98. The maximum absolute atomic E-state index is 2.25. The van der Waals surface area contributed by atoms with Gasteiger partial charge >= 0.3 is 0 Å². The van der Waals surface area contributed by atoms with Crippen LogP contribution >= 0.6 is 9.90 Å². The summed E-state index contributed by atoms with van der Waals surface area (Å²) in [4.78, 5) is 0. The normalized spacial score (nSPS) is 9.93. The van der Waals surface area contributed by atoms with Gasteiger partial charge in [-0.1, -0.05) is 55.8 Å². The molecule has 0 radical (unpaired) electrons. The minimum atomic E-state index is 0. The van der Waals surface area contributed by atoms with Crippen LogP contribution in [0.3, 0.4) is 0 Å². The molecule has 1 atom stereocenters. The lowest BCUT2D eigenvalue weighted by molar-refractivity contribution is 0.799. The summed E-state index contributed by atoms with van der Waals surface area (Å²) in [5.41, 5.74) is 1.49. The number of aryl methyl sites for hydroxylation is 1. The molecular formula is C14H19P. The lowest BCUT2D eigenvalue weighted by Crippen LogP contribution is -1.86. The molecule has 2 aromatic carbocycles. The predicted molar refractivity (Wildman–Crippen MR) is 73.7 cm³/mol. The second-order valence-electron chi connectivity index (χ2n) is 3.74. The molecule has 0 saturated heterocycles. The summed E-state index contributed by atoms with van der Waals surface area (Å²) in [7, 11) is 0. The third-order valence-corrected chi connectivity index (χ3v) is 2.68. The second-order valence-corrected chi connectivity index (χ2v) is 3.74. The minimum absolute atomic E-state index is 0.